The SMILES string of the molecule is N#Cc1ncc(-c2ccc(OC(F)(F)F)cc2)cc1-c1ccc(OC(F)(F)F)cc1. The Morgan fingerprint density at radius 3 is 1.60 bits per heavy atom. The molecule has 0 atom stereocenters. The second-order valence-electron chi connectivity index (χ2n) is 5.88. The van der Waals surface area contributed by atoms with Crippen LogP contribution in [0.5, 0.6) is 11.5 Å². The molecular formula is C20H10F6N2O2. The molecule has 10 heteroatoms. The minimum absolute atomic E-state index is 0.0280. The lowest BCUT2D eigenvalue weighted by atomic mass is 9.99. The molecule has 3 rings (SSSR count). The van der Waals surface area contributed by atoms with Crippen LogP contribution >= 0.6 is 0 Å². The maximum atomic E-state index is 12.3. The highest BCUT2D eigenvalue weighted by Gasteiger charge is 2.31. The van der Waals surface area contributed by atoms with E-state index in [1.54, 1.807) is 6.07 Å². The number of rotatable bonds is 4. The van der Waals surface area contributed by atoms with Gasteiger partial charge in [-0.1, -0.05) is 24.3 Å². The molecule has 0 saturated carbocycles. The quantitative estimate of drug-likeness (QED) is 0.476. The van der Waals surface area contributed by atoms with Gasteiger partial charge in [-0.25, -0.2) is 4.98 Å². The maximum absolute atomic E-state index is 12.3. The average molecular weight is 424 g/mol. The van der Waals surface area contributed by atoms with E-state index in [1.807, 2.05) is 6.07 Å². The summed E-state index contributed by atoms with van der Waals surface area (Å²) < 4.78 is 81.3. The topological polar surface area (TPSA) is 55.1 Å². The van der Waals surface area contributed by atoms with Crippen molar-refractivity contribution in [1.82, 2.24) is 4.98 Å². The van der Waals surface area contributed by atoms with Gasteiger partial charge in [0.1, 0.15) is 23.3 Å². The van der Waals surface area contributed by atoms with Gasteiger partial charge < -0.3 is 9.47 Å². The van der Waals surface area contributed by atoms with E-state index in [-0.39, 0.29) is 5.69 Å². The Morgan fingerprint density at radius 1 is 0.700 bits per heavy atom. The van der Waals surface area contributed by atoms with Crippen LogP contribution in [0, 0.1) is 11.3 Å². The average Bonchev–Trinajstić information content (AvgIpc) is 2.66. The molecule has 154 valence electrons. The van der Waals surface area contributed by atoms with Crippen molar-refractivity contribution in [2.45, 2.75) is 12.7 Å². The van der Waals surface area contributed by atoms with Crippen molar-refractivity contribution >= 4 is 0 Å². The third-order valence-corrected chi connectivity index (χ3v) is 3.81. The first-order valence-corrected chi connectivity index (χ1v) is 8.16. The molecule has 0 aliphatic carbocycles. The molecule has 0 aliphatic heterocycles. The van der Waals surface area contributed by atoms with Gasteiger partial charge in [-0.15, -0.1) is 26.3 Å². The van der Waals surface area contributed by atoms with Crippen molar-refractivity contribution in [3.8, 4) is 39.8 Å². The minimum Gasteiger partial charge on any atom is -0.406 e. The summed E-state index contributed by atoms with van der Waals surface area (Å²) in [7, 11) is 0. The van der Waals surface area contributed by atoms with Gasteiger partial charge in [0.05, 0.1) is 0 Å². The first kappa shape index (κ1) is 21.0. The zero-order valence-electron chi connectivity index (χ0n) is 14.8. The largest absolute Gasteiger partial charge is 0.573 e. The predicted octanol–water partition coefficient (Wildman–Crippen LogP) is 6.08. The molecule has 0 aliphatic rings. The fourth-order valence-electron chi connectivity index (χ4n) is 2.62. The fourth-order valence-corrected chi connectivity index (χ4v) is 2.62. The van der Waals surface area contributed by atoms with Gasteiger partial charge in [-0.05, 0) is 41.5 Å². The zero-order chi connectivity index (χ0) is 21.9. The van der Waals surface area contributed by atoms with Crippen LogP contribution in [0.4, 0.5) is 26.3 Å². The summed E-state index contributed by atoms with van der Waals surface area (Å²) in [4.78, 5) is 4.03. The molecule has 1 heterocycles. The number of pyridine rings is 1. The minimum atomic E-state index is -4.83. The highest BCUT2D eigenvalue weighted by atomic mass is 19.4. The van der Waals surface area contributed by atoms with Crippen molar-refractivity contribution in [2.75, 3.05) is 0 Å². The number of nitrogens with zero attached hydrogens (tertiary/aromatic N) is 2. The second kappa shape index (κ2) is 7.94. The van der Waals surface area contributed by atoms with Crippen LogP contribution in [-0.4, -0.2) is 17.7 Å². The van der Waals surface area contributed by atoms with Crippen molar-refractivity contribution in [2.24, 2.45) is 0 Å². The molecule has 30 heavy (non-hydrogen) atoms. The maximum Gasteiger partial charge on any atom is 0.573 e. The highest BCUT2D eigenvalue weighted by molar-refractivity contribution is 5.76. The molecule has 0 N–H and O–H groups in total. The Kier molecular flexibility index (Phi) is 5.56. The van der Waals surface area contributed by atoms with E-state index in [0.717, 1.165) is 24.3 Å². The van der Waals surface area contributed by atoms with Crippen molar-refractivity contribution in [3.05, 3.63) is 66.5 Å². The molecular weight excluding hydrogens is 414 g/mol. The summed E-state index contributed by atoms with van der Waals surface area (Å²) in [6.07, 6.45) is -8.28. The van der Waals surface area contributed by atoms with Crippen molar-refractivity contribution < 1.29 is 35.8 Å². The number of ether oxygens (including phenoxy) is 2. The molecule has 3 aromatic rings. The monoisotopic (exact) mass is 424 g/mol. The van der Waals surface area contributed by atoms with Gasteiger partial charge in [0.25, 0.3) is 0 Å². The molecule has 2 aromatic carbocycles. The lowest BCUT2D eigenvalue weighted by Gasteiger charge is -2.11. The number of nitriles is 1. The first-order valence-electron chi connectivity index (χ1n) is 8.16. The van der Waals surface area contributed by atoms with Gasteiger partial charge in [0.15, 0.2) is 0 Å². The van der Waals surface area contributed by atoms with Crippen molar-refractivity contribution in [1.29, 1.82) is 5.26 Å². The number of hydrogen-bond acceptors (Lipinski definition) is 4. The van der Waals surface area contributed by atoms with E-state index in [0.29, 0.717) is 22.3 Å². The Bertz CT molecular complexity index is 1070. The molecule has 0 unspecified atom stereocenters. The number of hydrogen-bond donors (Lipinski definition) is 0. The first-order chi connectivity index (χ1) is 14.0. The summed E-state index contributed by atoms with van der Waals surface area (Å²) in [5, 5.41) is 9.28. The molecule has 0 fully saturated rings. The van der Waals surface area contributed by atoms with Gasteiger partial charge in [0, 0.05) is 17.3 Å². The standard InChI is InChI=1S/C20H10F6N2O2/c21-19(22,23)29-15-5-1-12(2-6-15)14-9-17(18(10-27)28-11-14)13-3-7-16(8-4-13)30-20(24,25)26/h1-9,11H. The summed E-state index contributed by atoms with van der Waals surface area (Å²) in [6, 6.07) is 13.3. The van der Waals surface area contributed by atoms with Gasteiger partial charge >= 0.3 is 12.7 Å². The number of halogens is 6. The molecule has 0 saturated heterocycles. The third kappa shape index (κ3) is 5.41. The van der Waals surface area contributed by atoms with Crippen LogP contribution in [0.3, 0.4) is 0 Å². The number of benzene rings is 2. The second-order valence-corrected chi connectivity index (χ2v) is 5.88. The van der Waals surface area contributed by atoms with Gasteiger partial charge in [0.2, 0.25) is 0 Å². The van der Waals surface area contributed by atoms with E-state index in [1.165, 1.54) is 30.5 Å². The van der Waals surface area contributed by atoms with E-state index >= 15 is 0 Å². The van der Waals surface area contributed by atoms with Crippen LogP contribution in [0.1, 0.15) is 5.69 Å². The summed E-state index contributed by atoms with van der Waals surface area (Å²) in [6.45, 7) is 0. The van der Waals surface area contributed by atoms with Crippen LogP contribution in [-0.2, 0) is 0 Å². The molecule has 0 spiro atoms. The van der Waals surface area contributed by atoms with Crippen LogP contribution in [0.25, 0.3) is 22.3 Å². The number of aromatic nitrogens is 1. The van der Waals surface area contributed by atoms with Gasteiger partial charge in [-0.2, -0.15) is 5.26 Å². The number of alkyl halides is 6. The normalized spacial score (nSPS) is 11.6. The molecule has 4 nitrogen and oxygen atoms in total. The lowest BCUT2D eigenvalue weighted by molar-refractivity contribution is -0.275. The van der Waals surface area contributed by atoms with E-state index in [9.17, 15) is 31.6 Å². The molecule has 0 radical (unpaired) electrons. The third-order valence-electron chi connectivity index (χ3n) is 3.81. The van der Waals surface area contributed by atoms with Gasteiger partial charge in [-0.3, -0.25) is 0 Å². The smallest absolute Gasteiger partial charge is 0.406 e. The van der Waals surface area contributed by atoms with Crippen molar-refractivity contribution in [3.63, 3.8) is 0 Å². The van der Waals surface area contributed by atoms with Crippen LogP contribution in [0.15, 0.2) is 60.8 Å². The molecule has 0 amide bonds. The van der Waals surface area contributed by atoms with Crippen LogP contribution < -0.4 is 9.47 Å². The predicted molar refractivity (Wildman–Crippen MR) is 93.2 cm³/mol. The Labute approximate surface area is 165 Å². The molecule has 0 bridgehead atoms. The fraction of sp³-hybridized carbons (Fsp3) is 0.100. The van der Waals surface area contributed by atoms with E-state index < -0.39 is 24.2 Å². The highest BCUT2D eigenvalue weighted by Crippen LogP contribution is 2.32. The van der Waals surface area contributed by atoms with Crippen LogP contribution in [0.2, 0.25) is 0 Å². The zero-order valence-corrected chi connectivity index (χ0v) is 14.8. The summed E-state index contributed by atoms with van der Waals surface area (Å²) >= 11 is 0. The Balaban J connectivity index is 1.92. The Morgan fingerprint density at radius 2 is 1.17 bits per heavy atom. The van der Waals surface area contributed by atoms with E-state index in [2.05, 4.69) is 14.5 Å². The van der Waals surface area contributed by atoms with E-state index in [4.69, 9.17) is 0 Å². The summed E-state index contributed by atoms with van der Waals surface area (Å²) in [5.41, 5.74) is 1.76. The summed E-state index contributed by atoms with van der Waals surface area (Å²) in [5.74, 6) is -0.817. The Hall–Kier alpha value is -3.74. The lowest BCUT2D eigenvalue weighted by Crippen LogP contribution is -2.16. The molecule has 1 aromatic heterocycles.